The minimum Gasteiger partial charge on any atom is -0.850 e. The van der Waals surface area contributed by atoms with Crippen molar-refractivity contribution < 1.29 is 30.9 Å². The van der Waals surface area contributed by atoms with Gasteiger partial charge in [0.15, 0.2) is 0 Å². The van der Waals surface area contributed by atoms with Gasteiger partial charge in [-0.3, -0.25) is 0 Å². The Morgan fingerprint density at radius 1 is 0.850 bits per heavy atom. The standard InChI is InChI=1S/2C7H15.Mo.H3O2PS2/c2*1-3-5-7-6-4-2;;1-3(2,4)5/h2*1,3-7H2,2H3;;(H3,1,2,4,5)/q2*-1;+3;/p-3. The Labute approximate surface area is 152 Å². The molecule has 0 spiro atoms. The zero-order valence-corrected chi connectivity index (χ0v) is 17.5. The summed E-state index contributed by atoms with van der Waals surface area (Å²) in [6.45, 7) is 12.0. The Balaban J connectivity index is -0.0000000952. The van der Waals surface area contributed by atoms with E-state index in [1.54, 1.807) is 0 Å². The smallest absolute Gasteiger partial charge is 0.850 e. The Hall–Kier alpha value is 1.61. The van der Waals surface area contributed by atoms with Crippen LogP contribution in [-0.4, -0.2) is 0 Å². The van der Waals surface area contributed by atoms with Crippen molar-refractivity contribution in [3.05, 3.63) is 13.8 Å². The number of hydrogen-bond donors (Lipinski definition) is 0. The summed E-state index contributed by atoms with van der Waals surface area (Å²) in [7, 11) is 0. The van der Waals surface area contributed by atoms with E-state index in [4.69, 9.17) is 0 Å². The maximum absolute atomic E-state index is 9.29. The van der Waals surface area contributed by atoms with E-state index in [2.05, 4.69) is 51.8 Å². The summed E-state index contributed by atoms with van der Waals surface area (Å²) in [6.07, 6.45) is 13.0. The molecular formula is C14H30MoO2PS2-2. The average molecular weight is 421 g/mol. The molecule has 0 bridgehead atoms. The molecule has 0 saturated carbocycles. The molecule has 0 N–H and O–H groups in total. The molecule has 0 fully saturated rings. The summed E-state index contributed by atoms with van der Waals surface area (Å²) in [5, 5.41) is 0. The van der Waals surface area contributed by atoms with E-state index in [-0.39, 0.29) is 21.1 Å². The van der Waals surface area contributed by atoms with Crippen LogP contribution in [0.15, 0.2) is 0 Å². The van der Waals surface area contributed by atoms with Gasteiger partial charge in [-0.15, -0.1) is 0 Å². The molecule has 0 aliphatic carbocycles. The van der Waals surface area contributed by atoms with Crippen LogP contribution in [0.2, 0.25) is 0 Å². The van der Waals surface area contributed by atoms with Crippen molar-refractivity contribution in [2.24, 2.45) is 0 Å². The molecule has 0 saturated heterocycles. The van der Waals surface area contributed by atoms with E-state index < -0.39 is 5.69 Å². The van der Waals surface area contributed by atoms with Crippen molar-refractivity contribution in [1.82, 2.24) is 0 Å². The van der Waals surface area contributed by atoms with Crippen LogP contribution in [0.5, 0.6) is 0 Å². The summed E-state index contributed by atoms with van der Waals surface area (Å²) in [4.78, 5) is 18.6. The quantitative estimate of drug-likeness (QED) is 0.195. The fourth-order valence-electron chi connectivity index (χ4n) is 1.21. The van der Waals surface area contributed by atoms with Crippen LogP contribution in [0.25, 0.3) is 0 Å². The van der Waals surface area contributed by atoms with Gasteiger partial charge in [0.1, 0.15) is 0 Å². The molecule has 0 aliphatic heterocycles. The van der Waals surface area contributed by atoms with Crippen LogP contribution in [0.3, 0.4) is 0 Å². The minimum atomic E-state index is -3.72. The Kier molecular flexibility index (Phi) is 37.8. The minimum absolute atomic E-state index is 0. The fraction of sp³-hybridized carbons (Fsp3) is 0.857. The molecule has 0 aromatic heterocycles. The van der Waals surface area contributed by atoms with E-state index in [9.17, 15) is 9.79 Å². The first-order valence-electron chi connectivity index (χ1n) is 7.14. The summed E-state index contributed by atoms with van der Waals surface area (Å²) >= 11 is 7.28. The van der Waals surface area contributed by atoms with E-state index >= 15 is 0 Å². The number of unbranched alkanes of at least 4 members (excludes halogenated alkanes) is 8. The summed E-state index contributed by atoms with van der Waals surface area (Å²) < 4.78 is 0. The Morgan fingerprint density at radius 2 is 1.10 bits per heavy atom. The van der Waals surface area contributed by atoms with Gasteiger partial charge in [-0.05, 0) is 0 Å². The van der Waals surface area contributed by atoms with Gasteiger partial charge in [-0.1, -0.05) is 65.2 Å². The van der Waals surface area contributed by atoms with Crippen LogP contribution in [-0.2, 0) is 45.1 Å². The molecule has 1 radical (unpaired) electrons. The van der Waals surface area contributed by atoms with E-state index in [0.29, 0.717) is 0 Å². The van der Waals surface area contributed by atoms with Gasteiger partial charge in [0.2, 0.25) is 0 Å². The van der Waals surface area contributed by atoms with Crippen LogP contribution in [0, 0.1) is 13.8 Å². The van der Waals surface area contributed by atoms with Crippen LogP contribution in [0.1, 0.15) is 78.1 Å². The molecule has 0 aromatic rings. The first-order valence-corrected chi connectivity index (χ1v) is 10.8. The Morgan fingerprint density at radius 3 is 1.25 bits per heavy atom. The van der Waals surface area contributed by atoms with Gasteiger partial charge in [0, 0.05) is 0 Å². The molecule has 0 aliphatic rings. The maximum Gasteiger partial charge on any atom is 3.00 e. The zero-order valence-electron chi connectivity index (χ0n) is 13.0. The van der Waals surface area contributed by atoms with Crippen molar-refractivity contribution >= 4 is 29.7 Å². The average Bonchev–Trinajstić information content (AvgIpc) is 2.29. The van der Waals surface area contributed by atoms with E-state index in [1.165, 1.54) is 51.4 Å². The predicted octanol–water partition coefficient (Wildman–Crippen LogP) is 4.06. The molecule has 123 valence electrons. The second kappa shape index (κ2) is 25.6. The van der Waals surface area contributed by atoms with Crippen molar-refractivity contribution in [2.45, 2.75) is 78.1 Å². The third-order valence-corrected chi connectivity index (χ3v) is 2.21. The van der Waals surface area contributed by atoms with Crippen LogP contribution in [0.4, 0.5) is 0 Å². The fourth-order valence-corrected chi connectivity index (χ4v) is 1.21. The van der Waals surface area contributed by atoms with Gasteiger partial charge in [-0.2, -0.15) is 24.6 Å². The largest absolute Gasteiger partial charge is 3.00 e. The van der Waals surface area contributed by atoms with Gasteiger partial charge in [0.05, 0.1) is 0 Å². The molecule has 0 heterocycles. The van der Waals surface area contributed by atoms with E-state index in [0.717, 1.165) is 12.8 Å². The van der Waals surface area contributed by atoms with Crippen LogP contribution >= 0.6 is 5.69 Å². The molecule has 0 unspecified atom stereocenters. The summed E-state index contributed by atoms with van der Waals surface area (Å²) in [5.74, 6) is 0. The van der Waals surface area contributed by atoms with Gasteiger partial charge in [0.25, 0.3) is 0 Å². The molecule has 0 rings (SSSR count). The molecule has 2 nitrogen and oxygen atoms in total. The summed E-state index contributed by atoms with van der Waals surface area (Å²) in [6, 6.07) is 0. The zero-order chi connectivity index (χ0) is 15.6. The molecule has 20 heavy (non-hydrogen) atoms. The normalized spacial score (nSPS) is 9.55. The van der Waals surface area contributed by atoms with Crippen molar-refractivity contribution in [3.63, 3.8) is 0 Å². The second-order valence-electron chi connectivity index (χ2n) is 4.28. The van der Waals surface area contributed by atoms with Gasteiger partial charge >= 0.3 is 21.1 Å². The Bertz CT molecular complexity index is 164. The molecule has 0 amide bonds. The maximum atomic E-state index is 9.29. The van der Waals surface area contributed by atoms with Crippen molar-refractivity contribution in [2.75, 3.05) is 0 Å². The molecule has 0 atom stereocenters. The third kappa shape index (κ3) is 73.5. The molecule has 6 heteroatoms. The van der Waals surface area contributed by atoms with Gasteiger partial charge < -0.3 is 41.6 Å². The molecular weight excluding hydrogens is 391 g/mol. The number of hydrogen-bond acceptors (Lipinski definition) is 4. The van der Waals surface area contributed by atoms with Crippen molar-refractivity contribution in [1.29, 1.82) is 0 Å². The molecule has 0 aromatic carbocycles. The topological polar surface area (TPSA) is 46.1 Å². The summed E-state index contributed by atoms with van der Waals surface area (Å²) in [5.41, 5.74) is -3.72. The first-order chi connectivity index (χ1) is 8.83. The van der Waals surface area contributed by atoms with E-state index in [1.807, 2.05) is 0 Å². The monoisotopic (exact) mass is 423 g/mol. The second-order valence-corrected chi connectivity index (χ2v) is 8.75. The van der Waals surface area contributed by atoms with Crippen LogP contribution < -0.4 is 9.79 Å². The predicted molar refractivity (Wildman–Crippen MR) is 89.9 cm³/mol. The van der Waals surface area contributed by atoms with Gasteiger partial charge in [-0.25, -0.2) is 0 Å². The van der Waals surface area contributed by atoms with Crippen molar-refractivity contribution in [3.8, 4) is 0 Å². The SMILES string of the molecule is [CH2-]CCCCCC.[CH2-]CCCCCC.[Mo+3].[O-]P([O-])(=S)[S-]. The third-order valence-electron chi connectivity index (χ3n) is 2.21. The number of rotatable bonds is 8. The first kappa shape index (κ1) is 29.6.